The van der Waals surface area contributed by atoms with E-state index in [2.05, 4.69) is 0 Å². The van der Waals surface area contributed by atoms with Crippen molar-refractivity contribution in [1.82, 2.24) is 0 Å². The van der Waals surface area contributed by atoms with Crippen molar-refractivity contribution in [3.05, 3.63) is 11.6 Å². The van der Waals surface area contributed by atoms with E-state index in [-0.39, 0.29) is 11.7 Å². The number of hydrogen-bond donors (Lipinski definition) is 1. The smallest absolute Gasteiger partial charge is 0.346 e. The Morgan fingerprint density at radius 2 is 2.50 bits per heavy atom. The lowest BCUT2D eigenvalue weighted by Crippen LogP contribution is -2.06. The van der Waals surface area contributed by atoms with E-state index in [0.717, 1.165) is 12.8 Å². The van der Waals surface area contributed by atoms with Gasteiger partial charge in [-0.2, -0.15) is 5.26 Å². The maximum Gasteiger partial charge on any atom is 0.346 e. The number of nitriles is 1. The first-order valence-electron chi connectivity index (χ1n) is 3.71. The summed E-state index contributed by atoms with van der Waals surface area (Å²) in [7, 11) is 0. The van der Waals surface area contributed by atoms with E-state index in [4.69, 9.17) is 15.1 Å². The van der Waals surface area contributed by atoms with Crippen LogP contribution < -0.4 is 0 Å². The third kappa shape index (κ3) is 2.07. The zero-order valence-corrected chi connectivity index (χ0v) is 6.49. The van der Waals surface area contributed by atoms with Gasteiger partial charge in [0.15, 0.2) is 0 Å². The normalized spacial score (nSPS) is 23.6. The van der Waals surface area contributed by atoms with Crippen molar-refractivity contribution in [3.8, 4) is 6.07 Å². The Morgan fingerprint density at radius 3 is 2.92 bits per heavy atom. The lowest BCUT2D eigenvalue weighted by molar-refractivity contribution is -0.132. The average molecular weight is 167 g/mol. The number of rotatable bonds is 2. The van der Waals surface area contributed by atoms with Gasteiger partial charge in [0.1, 0.15) is 11.6 Å². The summed E-state index contributed by atoms with van der Waals surface area (Å²) in [6, 6.07) is 1.61. The van der Waals surface area contributed by atoms with Gasteiger partial charge in [0.25, 0.3) is 0 Å². The second-order valence-electron chi connectivity index (χ2n) is 2.55. The highest BCUT2D eigenvalue weighted by atomic mass is 16.5. The van der Waals surface area contributed by atoms with Gasteiger partial charge in [-0.3, -0.25) is 0 Å². The van der Waals surface area contributed by atoms with Gasteiger partial charge in [-0.15, -0.1) is 0 Å². The van der Waals surface area contributed by atoms with Gasteiger partial charge >= 0.3 is 5.97 Å². The van der Waals surface area contributed by atoms with E-state index >= 15 is 0 Å². The van der Waals surface area contributed by atoms with E-state index in [9.17, 15) is 4.79 Å². The van der Waals surface area contributed by atoms with Gasteiger partial charge in [-0.25, -0.2) is 4.79 Å². The number of ether oxygens (including phenoxy) is 1. The molecule has 1 heterocycles. The van der Waals surface area contributed by atoms with Gasteiger partial charge in [0, 0.05) is 6.61 Å². The minimum absolute atomic E-state index is 0.184. The monoisotopic (exact) mass is 167 g/mol. The van der Waals surface area contributed by atoms with E-state index in [1.165, 1.54) is 6.08 Å². The second kappa shape index (κ2) is 3.88. The lowest BCUT2D eigenvalue weighted by Gasteiger charge is -2.01. The largest absolute Gasteiger partial charge is 0.477 e. The van der Waals surface area contributed by atoms with Crippen LogP contribution >= 0.6 is 0 Å². The second-order valence-corrected chi connectivity index (χ2v) is 2.55. The third-order valence-electron chi connectivity index (χ3n) is 1.67. The van der Waals surface area contributed by atoms with Crippen LogP contribution in [0.4, 0.5) is 0 Å². The van der Waals surface area contributed by atoms with Crippen LogP contribution in [0.5, 0.6) is 0 Å². The molecule has 0 aromatic carbocycles. The number of hydrogen-bond acceptors (Lipinski definition) is 3. The number of carboxylic acid groups (broad SMARTS) is 1. The molecular weight excluding hydrogens is 158 g/mol. The molecule has 1 aliphatic heterocycles. The Morgan fingerprint density at radius 1 is 1.75 bits per heavy atom. The summed E-state index contributed by atoms with van der Waals surface area (Å²) in [4.78, 5) is 10.4. The van der Waals surface area contributed by atoms with Gasteiger partial charge < -0.3 is 9.84 Å². The number of carboxylic acids is 1. The molecule has 0 aromatic heterocycles. The fourth-order valence-corrected chi connectivity index (χ4v) is 1.08. The predicted molar refractivity (Wildman–Crippen MR) is 40.3 cm³/mol. The van der Waals surface area contributed by atoms with E-state index in [0.29, 0.717) is 6.61 Å². The summed E-state index contributed by atoms with van der Waals surface area (Å²) in [5.41, 5.74) is -0.234. The lowest BCUT2D eigenvalue weighted by atomic mass is 10.1. The van der Waals surface area contributed by atoms with Gasteiger partial charge in [0.05, 0.1) is 6.10 Å². The molecule has 0 amide bonds. The first-order valence-corrected chi connectivity index (χ1v) is 3.71. The zero-order chi connectivity index (χ0) is 8.97. The SMILES string of the molecule is N#CC(=CC1CCCO1)C(=O)O. The molecule has 1 fully saturated rings. The van der Waals surface area contributed by atoms with Gasteiger partial charge in [-0.1, -0.05) is 0 Å². The van der Waals surface area contributed by atoms with Crippen LogP contribution in [0.3, 0.4) is 0 Å². The Hall–Kier alpha value is -1.34. The molecule has 0 aliphatic carbocycles. The van der Waals surface area contributed by atoms with Crippen molar-refractivity contribution in [2.75, 3.05) is 6.61 Å². The van der Waals surface area contributed by atoms with Crippen LogP contribution in [0.25, 0.3) is 0 Å². The molecule has 4 heteroatoms. The molecule has 1 rings (SSSR count). The van der Waals surface area contributed by atoms with Crippen LogP contribution in [0, 0.1) is 11.3 Å². The third-order valence-corrected chi connectivity index (χ3v) is 1.67. The Labute approximate surface area is 70.1 Å². The molecule has 4 nitrogen and oxygen atoms in total. The number of aliphatic carboxylic acids is 1. The molecule has 1 saturated heterocycles. The highest BCUT2D eigenvalue weighted by molar-refractivity contribution is 5.91. The summed E-state index contributed by atoms with van der Waals surface area (Å²) in [6.45, 7) is 0.652. The Kier molecular flexibility index (Phi) is 2.83. The molecule has 0 saturated carbocycles. The fourth-order valence-electron chi connectivity index (χ4n) is 1.08. The fraction of sp³-hybridized carbons (Fsp3) is 0.500. The van der Waals surface area contributed by atoms with Crippen LogP contribution in [0.2, 0.25) is 0 Å². The summed E-state index contributed by atoms with van der Waals surface area (Å²) < 4.78 is 5.14. The number of nitrogens with zero attached hydrogens (tertiary/aromatic N) is 1. The van der Waals surface area contributed by atoms with E-state index < -0.39 is 5.97 Å². The summed E-state index contributed by atoms with van der Waals surface area (Å²) in [6.07, 6.45) is 2.92. The summed E-state index contributed by atoms with van der Waals surface area (Å²) in [5.74, 6) is -1.19. The van der Waals surface area contributed by atoms with Crippen molar-refractivity contribution in [1.29, 1.82) is 5.26 Å². The maximum atomic E-state index is 10.4. The topological polar surface area (TPSA) is 70.3 Å². The summed E-state index contributed by atoms with van der Waals surface area (Å²) in [5, 5.41) is 16.9. The predicted octanol–water partition coefficient (Wildman–Crippen LogP) is 0.700. The molecule has 0 spiro atoms. The molecule has 0 radical (unpaired) electrons. The van der Waals surface area contributed by atoms with Gasteiger partial charge in [0.2, 0.25) is 0 Å². The van der Waals surface area contributed by atoms with Crippen molar-refractivity contribution < 1.29 is 14.6 Å². The Balaban J connectivity index is 2.64. The highest BCUT2D eigenvalue weighted by Crippen LogP contribution is 2.14. The minimum atomic E-state index is -1.19. The van der Waals surface area contributed by atoms with Crippen LogP contribution in [-0.4, -0.2) is 23.8 Å². The highest BCUT2D eigenvalue weighted by Gasteiger charge is 2.16. The average Bonchev–Trinajstić information content (AvgIpc) is 2.51. The van der Waals surface area contributed by atoms with Crippen molar-refractivity contribution >= 4 is 5.97 Å². The van der Waals surface area contributed by atoms with E-state index in [1.54, 1.807) is 6.07 Å². The molecule has 1 N–H and O–H groups in total. The molecular formula is C8H9NO3. The van der Waals surface area contributed by atoms with Crippen molar-refractivity contribution in [2.24, 2.45) is 0 Å². The van der Waals surface area contributed by atoms with Crippen LogP contribution in [0.1, 0.15) is 12.8 Å². The molecule has 1 aliphatic rings. The molecule has 1 unspecified atom stereocenters. The van der Waals surface area contributed by atoms with Crippen molar-refractivity contribution in [3.63, 3.8) is 0 Å². The standard InChI is InChI=1S/C8H9NO3/c9-5-6(8(10)11)4-7-2-1-3-12-7/h4,7H,1-3H2,(H,10,11). The Bertz CT molecular complexity index is 246. The minimum Gasteiger partial charge on any atom is -0.477 e. The van der Waals surface area contributed by atoms with Crippen LogP contribution in [-0.2, 0) is 9.53 Å². The molecule has 0 bridgehead atoms. The van der Waals surface area contributed by atoms with Crippen LogP contribution in [0.15, 0.2) is 11.6 Å². The molecule has 64 valence electrons. The summed E-state index contributed by atoms with van der Waals surface area (Å²) >= 11 is 0. The quantitative estimate of drug-likeness (QED) is 0.485. The maximum absolute atomic E-state index is 10.4. The molecule has 0 aromatic rings. The van der Waals surface area contributed by atoms with Gasteiger partial charge in [-0.05, 0) is 18.9 Å². The first-order chi connectivity index (χ1) is 5.74. The van der Waals surface area contributed by atoms with E-state index in [1.807, 2.05) is 0 Å². The molecule has 1 atom stereocenters. The zero-order valence-electron chi connectivity index (χ0n) is 6.49. The molecule has 12 heavy (non-hydrogen) atoms. The van der Waals surface area contributed by atoms with Crippen molar-refractivity contribution in [2.45, 2.75) is 18.9 Å². The first kappa shape index (κ1) is 8.75. The number of carbonyl (C=O) groups is 1.